The van der Waals surface area contributed by atoms with Gasteiger partial charge in [0.15, 0.2) is 0 Å². The van der Waals surface area contributed by atoms with Gasteiger partial charge in [-0.2, -0.15) is 0 Å². The molecule has 0 fully saturated rings. The summed E-state index contributed by atoms with van der Waals surface area (Å²) in [5.41, 5.74) is 0.917. The molecule has 0 bridgehead atoms. The van der Waals surface area contributed by atoms with Gasteiger partial charge in [-0.1, -0.05) is 0 Å². The van der Waals surface area contributed by atoms with E-state index in [-0.39, 0.29) is 11.4 Å². The predicted molar refractivity (Wildman–Crippen MR) is 65.4 cm³/mol. The lowest BCUT2D eigenvalue weighted by Crippen LogP contribution is -2.27. The molecule has 0 aliphatic rings. The monoisotopic (exact) mass is 254 g/mol. The maximum Gasteiger partial charge on any atom is 0.240 e. The van der Waals surface area contributed by atoms with Gasteiger partial charge < -0.3 is 9.72 Å². The van der Waals surface area contributed by atoms with Crippen LogP contribution in [0.3, 0.4) is 0 Å². The minimum Gasteiger partial charge on any atom is -0.383 e. The molecule has 0 unspecified atom stereocenters. The second kappa shape index (κ2) is 4.87. The molecule has 2 rings (SSSR count). The highest BCUT2D eigenvalue weighted by Gasteiger charge is 2.13. The van der Waals surface area contributed by atoms with Gasteiger partial charge in [-0.25, -0.2) is 13.1 Å². The van der Waals surface area contributed by atoms with Gasteiger partial charge >= 0.3 is 0 Å². The number of sulfonamides is 1. The highest BCUT2D eigenvalue weighted by molar-refractivity contribution is 7.89. The second-order valence-corrected chi connectivity index (χ2v) is 5.38. The van der Waals surface area contributed by atoms with Crippen molar-refractivity contribution in [3.63, 3.8) is 0 Å². The molecule has 0 saturated heterocycles. The van der Waals surface area contributed by atoms with Gasteiger partial charge in [0.1, 0.15) is 0 Å². The van der Waals surface area contributed by atoms with Crippen LogP contribution in [-0.2, 0) is 14.8 Å². The molecule has 0 aliphatic carbocycles. The highest BCUT2D eigenvalue weighted by Crippen LogP contribution is 2.17. The lowest BCUT2D eigenvalue weighted by Gasteiger charge is -2.06. The molecule has 0 atom stereocenters. The summed E-state index contributed by atoms with van der Waals surface area (Å²) >= 11 is 0. The average Bonchev–Trinajstić information content (AvgIpc) is 2.76. The van der Waals surface area contributed by atoms with Crippen molar-refractivity contribution in [2.24, 2.45) is 0 Å². The molecule has 1 aromatic heterocycles. The molecule has 0 amide bonds. The number of nitrogens with one attached hydrogen (secondary N) is 2. The molecule has 5 nitrogen and oxygen atoms in total. The zero-order chi connectivity index (χ0) is 12.3. The number of rotatable bonds is 5. The topological polar surface area (TPSA) is 71.2 Å². The summed E-state index contributed by atoms with van der Waals surface area (Å²) in [6, 6.07) is 6.80. The Hall–Kier alpha value is -1.37. The van der Waals surface area contributed by atoms with E-state index in [0.717, 1.165) is 10.9 Å². The van der Waals surface area contributed by atoms with Crippen LogP contribution in [0.2, 0.25) is 0 Å². The van der Waals surface area contributed by atoms with E-state index >= 15 is 0 Å². The van der Waals surface area contributed by atoms with Gasteiger partial charge in [-0.05, 0) is 24.3 Å². The van der Waals surface area contributed by atoms with Crippen LogP contribution in [0, 0.1) is 0 Å². The van der Waals surface area contributed by atoms with E-state index in [2.05, 4.69) is 9.71 Å². The third kappa shape index (κ3) is 2.66. The van der Waals surface area contributed by atoms with Gasteiger partial charge in [0.05, 0.1) is 11.5 Å². The van der Waals surface area contributed by atoms with Gasteiger partial charge in [0, 0.05) is 30.8 Å². The quantitative estimate of drug-likeness (QED) is 0.785. The Balaban J connectivity index is 2.25. The molecular weight excluding hydrogens is 240 g/mol. The van der Waals surface area contributed by atoms with E-state index in [4.69, 9.17) is 4.74 Å². The standard InChI is InChI=1S/C11H14N2O3S/c1-16-7-6-13-17(14,15)10-2-3-11-9(8-10)4-5-12-11/h2-5,8,12-13H,6-7H2,1H3. The first-order valence-corrected chi connectivity index (χ1v) is 6.67. The van der Waals surface area contributed by atoms with Crippen LogP contribution in [0.25, 0.3) is 10.9 Å². The molecule has 0 saturated carbocycles. The van der Waals surface area contributed by atoms with Crippen LogP contribution in [0.4, 0.5) is 0 Å². The van der Waals surface area contributed by atoms with Crippen molar-refractivity contribution < 1.29 is 13.2 Å². The van der Waals surface area contributed by atoms with Crippen LogP contribution >= 0.6 is 0 Å². The zero-order valence-electron chi connectivity index (χ0n) is 9.43. The summed E-state index contributed by atoms with van der Waals surface area (Å²) in [6.45, 7) is 0.621. The Morgan fingerprint density at radius 1 is 1.35 bits per heavy atom. The zero-order valence-corrected chi connectivity index (χ0v) is 10.3. The Labute approximate surface area is 99.8 Å². The summed E-state index contributed by atoms with van der Waals surface area (Å²) in [5.74, 6) is 0. The number of aromatic nitrogens is 1. The predicted octanol–water partition coefficient (Wildman–Crippen LogP) is 1.09. The minimum atomic E-state index is -3.45. The van der Waals surface area contributed by atoms with Crippen molar-refractivity contribution in [3.05, 3.63) is 30.5 Å². The molecule has 0 spiro atoms. The SMILES string of the molecule is COCCNS(=O)(=O)c1ccc2[nH]ccc2c1. The molecular formula is C11H14N2O3S. The van der Waals surface area contributed by atoms with Crippen molar-refractivity contribution in [1.82, 2.24) is 9.71 Å². The summed E-state index contributed by atoms with van der Waals surface area (Å²) in [4.78, 5) is 3.28. The van der Waals surface area contributed by atoms with E-state index in [0.29, 0.717) is 6.61 Å². The first-order valence-electron chi connectivity index (χ1n) is 5.19. The van der Waals surface area contributed by atoms with Crippen LogP contribution in [0.1, 0.15) is 0 Å². The third-order valence-corrected chi connectivity index (χ3v) is 3.89. The van der Waals surface area contributed by atoms with Crippen molar-refractivity contribution in [2.75, 3.05) is 20.3 Å². The largest absolute Gasteiger partial charge is 0.383 e. The lowest BCUT2D eigenvalue weighted by molar-refractivity contribution is 0.204. The number of H-pyrrole nitrogens is 1. The number of hydrogen-bond donors (Lipinski definition) is 2. The van der Waals surface area contributed by atoms with Crippen molar-refractivity contribution in [3.8, 4) is 0 Å². The van der Waals surface area contributed by atoms with Gasteiger partial charge in [0.2, 0.25) is 10.0 Å². The molecule has 1 heterocycles. The fraction of sp³-hybridized carbons (Fsp3) is 0.273. The Bertz CT molecular complexity index is 604. The lowest BCUT2D eigenvalue weighted by atomic mass is 10.2. The van der Waals surface area contributed by atoms with E-state index in [9.17, 15) is 8.42 Å². The number of fused-ring (bicyclic) bond motifs is 1. The van der Waals surface area contributed by atoms with Crippen LogP contribution in [0.5, 0.6) is 0 Å². The minimum absolute atomic E-state index is 0.265. The smallest absolute Gasteiger partial charge is 0.240 e. The summed E-state index contributed by atoms with van der Waals surface area (Å²) in [6.07, 6.45) is 1.78. The first kappa shape index (κ1) is 12.1. The number of aromatic amines is 1. The van der Waals surface area contributed by atoms with E-state index < -0.39 is 10.0 Å². The summed E-state index contributed by atoms with van der Waals surface area (Å²) in [7, 11) is -1.92. The van der Waals surface area contributed by atoms with E-state index in [1.165, 1.54) is 7.11 Å². The fourth-order valence-corrected chi connectivity index (χ4v) is 2.61. The second-order valence-electron chi connectivity index (χ2n) is 3.62. The summed E-state index contributed by atoms with van der Waals surface area (Å²) in [5, 5.41) is 0.875. The first-order chi connectivity index (χ1) is 8.13. The summed E-state index contributed by atoms with van der Waals surface area (Å²) < 4.78 is 31.1. The molecule has 0 aliphatic heterocycles. The van der Waals surface area contributed by atoms with Gasteiger partial charge in [0.25, 0.3) is 0 Å². The van der Waals surface area contributed by atoms with Crippen molar-refractivity contribution >= 4 is 20.9 Å². The third-order valence-electron chi connectivity index (χ3n) is 2.43. The maximum absolute atomic E-state index is 11.9. The van der Waals surface area contributed by atoms with Gasteiger partial charge in [-0.3, -0.25) is 0 Å². The molecule has 2 aromatic rings. The molecule has 2 N–H and O–H groups in total. The molecule has 1 aromatic carbocycles. The fourth-order valence-electron chi connectivity index (χ4n) is 1.56. The maximum atomic E-state index is 11.9. The molecule has 0 radical (unpaired) electrons. The molecule has 17 heavy (non-hydrogen) atoms. The van der Waals surface area contributed by atoms with Crippen molar-refractivity contribution in [1.29, 1.82) is 0 Å². The van der Waals surface area contributed by atoms with Crippen LogP contribution in [0.15, 0.2) is 35.4 Å². The Morgan fingerprint density at radius 2 is 2.18 bits per heavy atom. The van der Waals surface area contributed by atoms with Crippen LogP contribution < -0.4 is 4.72 Å². The molecule has 6 heteroatoms. The number of benzene rings is 1. The Kier molecular flexibility index (Phi) is 3.46. The van der Waals surface area contributed by atoms with E-state index in [1.54, 1.807) is 24.4 Å². The van der Waals surface area contributed by atoms with E-state index in [1.807, 2.05) is 6.07 Å². The normalized spacial score (nSPS) is 12.1. The van der Waals surface area contributed by atoms with Crippen LogP contribution in [-0.4, -0.2) is 33.7 Å². The Morgan fingerprint density at radius 3 is 2.94 bits per heavy atom. The number of hydrogen-bond acceptors (Lipinski definition) is 3. The number of ether oxygens (including phenoxy) is 1. The average molecular weight is 254 g/mol. The molecule has 92 valence electrons. The number of methoxy groups -OCH3 is 1. The van der Waals surface area contributed by atoms with Crippen molar-refractivity contribution in [2.45, 2.75) is 4.90 Å². The highest BCUT2D eigenvalue weighted by atomic mass is 32.2. The van der Waals surface area contributed by atoms with Gasteiger partial charge in [-0.15, -0.1) is 0 Å².